The van der Waals surface area contributed by atoms with Crippen LogP contribution in [0.4, 0.5) is 11.5 Å². The highest BCUT2D eigenvalue weighted by atomic mass is 79.9. The van der Waals surface area contributed by atoms with E-state index in [9.17, 15) is 0 Å². The van der Waals surface area contributed by atoms with E-state index in [1.165, 1.54) is 0 Å². The van der Waals surface area contributed by atoms with E-state index in [1.807, 2.05) is 0 Å². The van der Waals surface area contributed by atoms with E-state index in [0.717, 1.165) is 10.2 Å². The number of halogens is 4. The smallest absolute Gasteiger partial charge is 0.144 e. The number of hydrogen-bond donors (Lipinski definition) is 1. The minimum Gasteiger partial charge on any atom is -0.338 e. The second-order valence-corrected chi connectivity index (χ2v) is 5.37. The lowest BCUT2D eigenvalue weighted by Gasteiger charge is -2.09. The quantitative estimate of drug-likeness (QED) is 0.767. The van der Waals surface area contributed by atoms with Crippen molar-refractivity contribution in [3.8, 4) is 0 Å². The van der Waals surface area contributed by atoms with Crippen molar-refractivity contribution in [2.24, 2.45) is 0 Å². The molecule has 1 N–H and O–H groups in total. The minimum atomic E-state index is 0.529. The molecule has 0 amide bonds. The number of hydrogen-bond acceptors (Lipinski definition) is 2. The van der Waals surface area contributed by atoms with Crippen LogP contribution in [0.15, 0.2) is 34.9 Å². The standard InChI is InChI=1S/C11H6BrCl3N2/c12-8-3-7(14)5-16-11(8)17-10-2-1-6(13)4-9(10)15/h1-5H,(H,16,17). The third kappa shape index (κ3) is 3.26. The van der Waals surface area contributed by atoms with Gasteiger partial charge in [0.15, 0.2) is 0 Å². The van der Waals surface area contributed by atoms with E-state index >= 15 is 0 Å². The number of nitrogens with one attached hydrogen (secondary N) is 1. The van der Waals surface area contributed by atoms with Crippen LogP contribution in [-0.4, -0.2) is 4.98 Å². The van der Waals surface area contributed by atoms with Crippen LogP contribution in [0.1, 0.15) is 0 Å². The van der Waals surface area contributed by atoms with Gasteiger partial charge in [-0.15, -0.1) is 0 Å². The van der Waals surface area contributed by atoms with Crippen molar-refractivity contribution in [1.82, 2.24) is 4.98 Å². The Morgan fingerprint density at radius 3 is 2.47 bits per heavy atom. The van der Waals surface area contributed by atoms with Crippen LogP contribution in [0.2, 0.25) is 15.1 Å². The first-order valence-electron chi connectivity index (χ1n) is 4.59. The van der Waals surface area contributed by atoms with E-state index in [4.69, 9.17) is 34.8 Å². The predicted octanol–water partition coefficient (Wildman–Crippen LogP) is 5.55. The summed E-state index contributed by atoms with van der Waals surface area (Å²) in [6.45, 7) is 0. The molecule has 0 radical (unpaired) electrons. The summed E-state index contributed by atoms with van der Waals surface area (Å²) in [6.07, 6.45) is 1.55. The third-order valence-electron chi connectivity index (χ3n) is 1.99. The molecule has 1 aromatic carbocycles. The van der Waals surface area contributed by atoms with Crippen molar-refractivity contribution in [2.75, 3.05) is 5.32 Å². The number of aromatic nitrogens is 1. The Hall–Kier alpha value is -0.480. The average Bonchev–Trinajstić information content (AvgIpc) is 2.25. The van der Waals surface area contributed by atoms with Crippen LogP contribution in [0.25, 0.3) is 0 Å². The van der Waals surface area contributed by atoms with Crippen LogP contribution in [0, 0.1) is 0 Å². The molecule has 0 bridgehead atoms. The van der Waals surface area contributed by atoms with Gasteiger partial charge < -0.3 is 5.32 Å². The Balaban J connectivity index is 2.31. The molecule has 0 atom stereocenters. The molecule has 0 saturated heterocycles. The molecule has 0 fully saturated rings. The van der Waals surface area contributed by atoms with Crippen molar-refractivity contribution in [3.05, 3.63) is 50.0 Å². The number of pyridine rings is 1. The zero-order chi connectivity index (χ0) is 12.4. The van der Waals surface area contributed by atoms with Crippen molar-refractivity contribution < 1.29 is 0 Å². The van der Waals surface area contributed by atoms with Crippen LogP contribution >= 0.6 is 50.7 Å². The summed E-state index contributed by atoms with van der Waals surface area (Å²) in [7, 11) is 0. The van der Waals surface area contributed by atoms with E-state index in [1.54, 1.807) is 30.5 Å². The van der Waals surface area contributed by atoms with E-state index in [0.29, 0.717) is 20.9 Å². The van der Waals surface area contributed by atoms with E-state index in [-0.39, 0.29) is 0 Å². The summed E-state index contributed by atoms with van der Waals surface area (Å²) >= 11 is 21.0. The molecule has 6 heteroatoms. The van der Waals surface area contributed by atoms with Crippen LogP contribution in [0.3, 0.4) is 0 Å². The largest absolute Gasteiger partial charge is 0.338 e. The molecule has 0 unspecified atom stereocenters. The molecule has 17 heavy (non-hydrogen) atoms. The molecule has 1 aromatic heterocycles. The van der Waals surface area contributed by atoms with Crippen LogP contribution in [0.5, 0.6) is 0 Å². The number of benzene rings is 1. The third-order valence-corrected chi connectivity index (χ3v) is 3.35. The van der Waals surface area contributed by atoms with Crippen LogP contribution < -0.4 is 5.32 Å². The fourth-order valence-corrected chi connectivity index (χ4v) is 2.42. The Morgan fingerprint density at radius 2 is 1.82 bits per heavy atom. The lowest BCUT2D eigenvalue weighted by Crippen LogP contribution is -1.95. The van der Waals surface area contributed by atoms with Crippen LogP contribution in [-0.2, 0) is 0 Å². The first-order valence-corrected chi connectivity index (χ1v) is 6.52. The first-order chi connectivity index (χ1) is 8.06. The van der Waals surface area contributed by atoms with Gasteiger partial charge in [-0.05, 0) is 40.2 Å². The number of nitrogens with zero attached hydrogens (tertiary/aromatic N) is 1. The van der Waals surface area contributed by atoms with Gasteiger partial charge in [0.05, 0.1) is 20.2 Å². The second-order valence-electron chi connectivity index (χ2n) is 3.23. The Morgan fingerprint density at radius 1 is 1.06 bits per heavy atom. The SMILES string of the molecule is Clc1ccc(Nc2ncc(Cl)cc2Br)c(Cl)c1. The molecule has 2 nitrogen and oxygen atoms in total. The van der Waals surface area contributed by atoms with Gasteiger partial charge in [-0.1, -0.05) is 34.8 Å². The zero-order valence-corrected chi connectivity index (χ0v) is 12.2. The van der Waals surface area contributed by atoms with E-state index < -0.39 is 0 Å². The molecule has 0 aliphatic heterocycles. The maximum atomic E-state index is 6.05. The molecule has 0 aliphatic carbocycles. The molecule has 88 valence electrons. The van der Waals surface area contributed by atoms with Gasteiger partial charge >= 0.3 is 0 Å². The first kappa shape index (κ1) is 13.0. The fourth-order valence-electron chi connectivity index (χ4n) is 1.22. The van der Waals surface area contributed by atoms with Gasteiger partial charge in [0.2, 0.25) is 0 Å². The minimum absolute atomic E-state index is 0.529. The number of rotatable bonds is 2. The highest BCUT2D eigenvalue weighted by molar-refractivity contribution is 9.10. The fraction of sp³-hybridized carbons (Fsp3) is 0. The Bertz CT molecular complexity index is 511. The van der Waals surface area contributed by atoms with Gasteiger partial charge in [-0.2, -0.15) is 0 Å². The lowest BCUT2D eigenvalue weighted by molar-refractivity contribution is 1.29. The maximum Gasteiger partial charge on any atom is 0.144 e. The summed E-state index contributed by atoms with van der Waals surface area (Å²) in [6, 6.07) is 6.95. The summed E-state index contributed by atoms with van der Waals surface area (Å²) in [5.74, 6) is 0.638. The summed E-state index contributed by atoms with van der Waals surface area (Å²) < 4.78 is 0.760. The van der Waals surface area contributed by atoms with Gasteiger partial charge in [-0.25, -0.2) is 4.98 Å². The molecule has 2 rings (SSSR count). The van der Waals surface area contributed by atoms with Gasteiger partial charge in [0, 0.05) is 11.2 Å². The highest BCUT2D eigenvalue weighted by Gasteiger charge is 2.06. The molecule has 2 aromatic rings. The molecule has 0 saturated carbocycles. The summed E-state index contributed by atoms with van der Waals surface area (Å²) in [5, 5.41) is 4.76. The topological polar surface area (TPSA) is 24.9 Å². The molecular formula is C11H6BrCl3N2. The maximum absolute atomic E-state index is 6.05. The molecular weight excluding hydrogens is 346 g/mol. The molecule has 0 spiro atoms. The van der Waals surface area contributed by atoms with Crippen molar-refractivity contribution >= 4 is 62.2 Å². The van der Waals surface area contributed by atoms with Crippen molar-refractivity contribution in [1.29, 1.82) is 0 Å². The van der Waals surface area contributed by atoms with E-state index in [2.05, 4.69) is 26.2 Å². The number of anilines is 2. The zero-order valence-electron chi connectivity index (χ0n) is 8.35. The monoisotopic (exact) mass is 350 g/mol. The molecule has 0 aliphatic rings. The Kier molecular flexibility index (Phi) is 4.15. The molecule has 1 heterocycles. The van der Waals surface area contributed by atoms with Crippen molar-refractivity contribution in [2.45, 2.75) is 0 Å². The van der Waals surface area contributed by atoms with Gasteiger partial charge in [0.1, 0.15) is 5.82 Å². The average molecular weight is 352 g/mol. The summed E-state index contributed by atoms with van der Waals surface area (Å²) in [5.41, 5.74) is 0.728. The van der Waals surface area contributed by atoms with Crippen molar-refractivity contribution in [3.63, 3.8) is 0 Å². The highest BCUT2D eigenvalue weighted by Crippen LogP contribution is 2.31. The second kappa shape index (κ2) is 5.44. The van der Waals surface area contributed by atoms with Gasteiger partial charge in [-0.3, -0.25) is 0 Å². The Labute approximate surface area is 122 Å². The predicted molar refractivity (Wildman–Crippen MR) is 76.7 cm³/mol. The normalized spacial score (nSPS) is 10.4. The lowest BCUT2D eigenvalue weighted by atomic mass is 10.3. The van der Waals surface area contributed by atoms with Gasteiger partial charge in [0.25, 0.3) is 0 Å². The summed E-state index contributed by atoms with van der Waals surface area (Å²) in [4.78, 5) is 4.16.